The molecule has 0 spiro atoms. The van der Waals surface area contributed by atoms with Crippen molar-refractivity contribution in [2.24, 2.45) is 5.73 Å². The maximum atomic E-state index is 12.2. The van der Waals surface area contributed by atoms with Gasteiger partial charge in [-0.25, -0.2) is 0 Å². The third-order valence-corrected chi connectivity index (χ3v) is 4.29. The molecule has 0 aliphatic rings. The highest BCUT2D eigenvalue weighted by Crippen LogP contribution is 2.27. The Hall–Kier alpha value is -2.14. The number of fused-ring (bicyclic) bond motifs is 1. The first-order valence-electron chi connectivity index (χ1n) is 6.57. The largest absolute Gasteiger partial charge is 0.412 e. The lowest BCUT2D eigenvalue weighted by Gasteiger charge is -2.10. The Kier molecular flexibility index (Phi) is 6.32. The van der Waals surface area contributed by atoms with Crippen LogP contribution in [0, 0.1) is 5.41 Å². The summed E-state index contributed by atoms with van der Waals surface area (Å²) in [6.45, 7) is 0.171. The van der Waals surface area contributed by atoms with Gasteiger partial charge in [0.25, 0.3) is 16.0 Å². The zero-order chi connectivity index (χ0) is 17.2. The van der Waals surface area contributed by atoms with E-state index < -0.39 is 27.7 Å². The molecule has 11 heteroatoms. The number of carbonyl (C=O) groups excluding carboxylic acids is 1. The van der Waals surface area contributed by atoms with Gasteiger partial charge in [-0.15, -0.1) is 0 Å². The molecule has 7 N–H and O–H groups in total. The van der Waals surface area contributed by atoms with E-state index in [1.165, 1.54) is 0 Å². The Morgan fingerprint density at radius 3 is 2.67 bits per heavy atom. The molecule has 2 aromatic rings. The third kappa shape index (κ3) is 4.68. The van der Waals surface area contributed by atoms with Crippen molar-refractivity contribution < 1.29 is 23.2 Å². The number of hydrogen-bond donors (Lipinski definition) is 4. The molecule has 1 heterocycles. The fourth-order valence-corrected chi connectivity index (χ4v) is 2.99. The molecule has 0 aliphatic heterocycles. The lowest BCUT2D eigenvalue weighted by atomic mass is 10.2. The summed E-state index contributed by atoms with van der Waals surface area (Å²) in [5.41, 5.74) is 6.00. The summed E-state index contributed by atoms with van der Waals surface area (Å²) in [4.78, 5) is 12.2. The molecule has 0 bridgehead atoms. The van der Waals surface area contributed by atoms with Crippen LogP contribution in [-0.2, 0) is 16.7 Å². The molecule has 0 saturated heterocycles. The van der Waals surface area contributed by atoms with E-state index in [-0.39, 0.29) is 24.1 Å². The fraction of sp³-hybridized carbons (Fsp3) is 0.231. The minimum absolute atomic E-state index is 0. The van der Waals surface area contributed by atoms with E-state index in [0.29, 0.717) is 15.9 Å². The summed E-state index contributed by atoms with van der Waals surface area (Å²) in [5.74, 6) is -1.53. The molecule has 0 radical (unpaired) electrons. The number of hydrogen-bond acceptors (Lipinski definition) is 4. The van der Waals surface area contributed by atoms with Crippen molar-refractivity contribution in [1.29, 1.82) is 5.41 Å². The number of carbonyl (C=O) groups is 1. The van der Waals surface area contributed by atoms with E-state index in [1.54, 1.807) is 28.8 Å². The Morgan fingerprint density at radius 2 is 2.08 bits per heavy atom. The third-order valence-electron chi connectivity index (χ3n) is 3.16. The van der Waals surface area contributed by atoms with Gasteiger partial charge in [0.1, 0.15) is 5.69 Å². The molecule has 0 unspecified atom stereocenters. The molecule has 0 aliphatic carbocycles. The Balaban J connectivity index is 0.00000288. The van der Waals surface area contributed by atoms with Gasteiger partial charge in [0.15, 0.2) is 5.96 Å². The van der Waals surface area contributed by atoms with E-state index in [2.05, 4.69) is 5.32 Å². The first-order valence-corrected chi connectivity index (χ1v) is 8.56. The molecule has 1 amide bonds. The number of rotatable bonds is 5. The number of nitrogens with one attached hydrogen (secondary N) is 2. The summed E-state index contributed by atoms with van der Waals surface area (Å²) in [7, 11) is -4.08. The molecular formula is C13H17ClN4O5S. The van der Waals surface area contributed by atoms with E-state index in [1.807, 2.05) is 0 Å². The van der Waals surface area contributed by atoms with Crippen molar-refractivity contribution in [2.75, 3.05) is 5.75 Å². The predicted octanol–water partition coefficient (Wildman–Crippen LogP) is 0.371. The standard InChI is InChI=1S/C13H15ClN4O4S.H2O/c14-9-3-1-4-10-8(9)7-11(12(19)17-13(15)16)18(10)5-2-6-23(20,21)22;/h1,3-4,7H,2,5-6H2,(H,20,21,22)(H4,15,16,17,19);1H2. The zero-order valence-electron chi connectivity index (χ0n) is 12.4. The number of amides is 1. The quantitative estimate of drug-likeness (QED) is 0.335. The summed E-state index contributed by atoms with van der Waals surface area (Å²) < 4.78 is 32.1. The highest BCUT2D eigenvalue weighted by molar-refractivity contribution is 7.85. The van der Waals surface area contributed by atoms with E-state index in [9.17, 15) is 13.2 Å². The first kappa shape index (κ1) is 19.9. The normalized spacial score (nSPS) is 11.1. The van der Waals surface area contributed by atoms with Crippen molar-refractivity contribution in [3.63, 3.8) is 0 Å². The van der Waals surface area contributed by atoms with Gasteiger partial charge >= 0.3 is 0 Å². The minimum atomic E-state index is -4.08. The molecule has 1 aromatic heterocycles. The van der Waals surface area contributed by atoms with Crippen molar-refractivity contribution in [3.8, 4) is 0 Å². The molecule has 24 heavy (non-hydrogen) atoms. The fourth-order valence-electron chi connectivity index (χ4n) is 2.27. The SMILES string of the molecule is N=C(N)NC(=O)c1cc2c(Cl)cccc2n1CCCS(=O)(=O)O.O. The van der Waals surface area contributed by atoms with Crippen LogP contribution in [-0.4, -0.2) is 40.6 Å². The molecule has 132 valence electrons. The molecule has 0 fully saturated rings. The second kappa shape index (κ2) is 7.62. The van der Waals surface area contributed by atoms with Crippen molar-refractivity contribution >= 4 is 44.5 Å². The smallest absolute Gasteiger partial charge is 0.274 e. The van der Waals surface area contributed by atoms with Crippen molar-refractivity contribution in [2.45, 2.75) is 13.0 Å². The van der Waals surface area contributed by atoms with E-state index in [0.717, 1.165) is 0 Å². The monoisotopic (exact) mass is 376 g/mol. The topological polar surface area (TPSA) is 170 Å². The van der Waals surface area contributed by atoms with Gasteiger partial charge in [0, 0.05) is 17.0 Å². The average molecular weight is 377 g/mol. The number of nitrogens with zero attached hydrogens (tertiary/aromatic N) is 1. The van der Waals surface area contributed by atoms with E-state index in [4.69, 9.17) is 27.3 Å². The second-order valence-corrected chi connectivity index (χ2v) is 6.84. The summed E-state index contributed by atoms with van der Waals surface area (Å²) in [6, 6.07) is 6.65. The van der Waals surface area contributed by atoms with Crippen LogP contribution in [0.3, 0.4) is 0 Å². The molecular weight excluding hydrogens is 360 g/mol. The van der Waals surface area contributed by atoms with Gasteiger partial charge in [-0.2, -0.15) is 8.42 Å². The Morgan fingerprint density at radius 1 is 1.42 bits per heavy atom. The van der Waals surface area contributed by atoms with Crippen LogP contribution in [0.4, 0.5) is 0 Å². The first-order chi connectivity index (χ1) is 10.7. The second-order valence-electron chi connectivity index (χ2n) is 4.86. The Bertz CT molecular complexity index is 878. The number of nitrogens with two attached hydrogens (primary N) is 1. The minimum Gasteiger partial charge on any atom is -0.412 e. The number of aryl methyl sites for hydroxylation is 1. The van der Waals surface area contributed by atoms with Crippen LogP contribution in [0.25, 0.3) is 10.9 Å². The van der Waals surface area contributed by atoms with Gasteiger partial charge in [-0.3, -0.25) is 20.1 Å². The average Bonchev–Trinajstić information content (AvgIpc) is 2.77. The van der Waals surface area contributed by atoms with Crippen LogP contribution >= 0.6 is 11.6 Å². The summed E-state index contributed by atoms with van der Waals surface area (Å²) in [6.07, 6.45) is 0.107. The maximum absolute atomic E-state index is 12.2. The van der Waals surface area contributed by atoms with Crippen LogP contribution in [0.5, 0.6) is 0 Å². The van der Waals surface area contributed by atoms with Crippen LogP contribution < -0.4 is 11.1 Å². The van der Waals surface area contributed by atoms with Gasteiger partial charge in [-0.1, -0.05) is 17.7 Å². The van der Waals surface area contributed by atoms with E-state index >= 15 is 0 Å². The van der Waals surface area contributed by atoms with Crippen molar-refractivity contribution in [1.82, 2.24) is 9.88 Å². The number of halogens is 1. The van der Waals surface area contributed by atoms with Crippen LogP contribution in [0.2, 0.25) is 5.02 Å². The number of benzene rings is 1. The number of aromatic nitrogens is 1. The Labute approximate surface area is 143 Å². The van der Waals surface area contributed by atoms with Crippen LogP contribution in [0.1, 0.15) is 16.9 Å². The van der Waals surface area contributed by atoms with Crippen molar-refractivity contribution in [3.05, 3.63) is 35.0 Å². The van der Waals surface area contributed by atoms with Gasteiger partial charge in [-0.05, 0) is 24.6 Å². The highest BCUT2D eigenvalue weighted by atomic mass is 35.5. The number of guanidine groups is 1. The lowest BCUT2D eigenvalue weighted by Crippen LogP contribution is -2.36. The maximum Gasteiger partial charge on any atom is 0.274 e. The predicted molar refractivity (Wildman–Crippen MR) is 91.0 cm³/mol. The molecule has 0 saturated carbocycles. The van der Waals surface area contributed by atoms with Gasteiger partial charge in [0.05, 0.1) is 11.3 Å². The molecule has 9 nitrogen and oxygen atoms in total. The highest BCUT2D eigenvalue weighted by Gasteiger charge is 2.18. The van der Waals surface area contributed by atoms with Gasteiger partial charge < -0.3 is 15.8 Å². The molecule has 2 rings (SSSR count). The van der Waals surface area contributed by atoms with Gasteiger partial charge in [0.2, 0.25) is 0 Å². The zero-order valence-corrected chi connectivity index (χ0v) is 14.0. The molecule has 0 atom stereocenters. The molecule has 1 aromatic carbocycles. The summed E-state index contributed by atoms with van der Waals surface area (Å²) in [5, 5.41) is 10.4. The summed E-state index contributed by atoms with van der Waals surface area (Å²) >= 11 is 6.11. The lowest BCUT2D eigenvalue weighted by molar-refractivity contribution is 0.0967. The van der Waals surface area contributed by atoms with Crippen LogP contribution in [0.15, 0.2) is 24.3 Å².